The SMILES string of the molecule is C[C@@H](C(=O)Nc1cccnc1Cl)N(C)Cc1nccn1C(F)F. The molecular formula is C14H16ClF2N5O. The average Bonchev–Trinajstić information content (AvgIpc) is 2.97. The predicted molar refractivity (Wildman–Crippen MR) is 82.3 cm³/mol. The summed E-state index contributed by atoms with van der Waals surface area (Å²) in [5.41, 5.74) is 0.397. The molecule has 1 amide bonds. The number of aromatic nitrogens is 3. The Morgan fingerprint density at radius 3 is 2.83 bits per heavy atom. The van der Waals surface area contributed by atoms with E-state index < -0.39 is 12.6 Å². The Morgan fingerprint density at radius 2 is 2.17 bits per heavy atom. The highest BCUT2D eigenvalue weighted by Gasteiger charge is 2.21. The number of pyridine rings is 1. The van der Waals surface area contributed by atoms with Crippen LogP contribution in [0.2, 0.25) is 5.15 Å². The number of hydrogen-bond donors (Lipinski definition) is 1. The summed E-state index contributed by atoms with van der Waals surface area (Å²) < 4.78 is 26.4. The molecule has 0 bridgehead atoms. The van der Waals surface area contributed by atoms with Gasteiger partial charge in [0.05, 0.1) is 18.3 Å². The van der Waals surface area contributed by atoms with Crippen molar-refractivity contribution in [3.63, 3.8) is 0 Å². The summed E-state index contributed by atoms with van der Waals surface area (Å²) in [7, 11) is 1.65. The summed E-state index contributed by atoms with van der Waals surface area (Å²) in [5.74, 6) is -0.140. The Kier molecular flexibility index (Phi) is 5.62. The predicted octanol–water partition coefficient (Wildman–Crippen LogP) is 2.79. The number of halogens is 3. The fraction of sp³-hybridized carbons (Fsp3) is 0.357. The van der Waals surface area contributed by atoms with Gasteiger partial charge < -0.3 is 5.32 Å². The lowest BCUT2D eigenvalue weighted by atomic mass is 10.2. The summed E-state index contributed by atoms with van der Waals surface area (Å²) in [4.78, 5) is 21.6. The number of likely N-dealkylation sites (N-methyl/N-ethyl adjacent to an activating group) is 1. The molecule has 0 aliphatic rings. The van der Waals surface area contributed by atoms with Gasteiger partial charge in [-0.05, 0) is 26.1 Å². The molecule has 124 valence electrons. The molecule has 0 radical (unpaired) electrons. The molecule has 23 heavy (non-hydrogen) atoms. The molecule has 0 aliphatic carbocycles. The summed E-state index contributed by atoms with van der Waals surface area (Å²) in [6, 6.07) is 2.70. The maximum absolute atomic E-state index is 12.8. The van der Waals surface area contributed by atoms with Crippen LogP contribution in [-0.2, 0) is 11.3 Å². The second-order valence-electron chi connectivity index (χ2n) is 4.95. The number of rotatable bonds is 6. The first-order valence-electron chi connectivity index (χ1n) is 6.81. The quantitative estimate of drug-likeness (QED) is 0.819. The van der Waals surface area contributed by atoms with Gasteiger partial charge in [-0.25, -0.2) is 9.97 Å². The maximum Gasteiger partial charge on any atom is 0.319 e. The molecule has 0 saturated heterocycles. The van der Waals surface area contributed by atoms with Gasteiger partial charge in [0, 0.05) is 18.6 Å². The van der Waals surface area contributed by atoms with E-state index in [9.17, 15) is 13.6 Å². The van der Waals surface area contributed by atoms with Crippen LogP contribution < -0.4 is 5.32 Å². The lowest BCUT2D eigenvalue weighted by Crippen LogP contribution is -2.39. The lowest BCUT2D eigenvalue weighted by Gasteiger charge is -2.23. The molecule has 0 aliphatic heterocycles. The molecule has 1 N–H and O–H groups in total. The summed E-state index contributed by atoms with van der Waals surface area (Å²) >= 11 is 5.89. The Balaban J connectivity index is 2.01. The van der Waals surface area contributed by atoms with Gasteiger partial charge in [0.2, 0.25) is 5.91 Å². The number of nitrogens with zero attached hydrogens (tertiary/aromatic N) is 4. The van der Waals surface area contributed by atoms with E-state index in [0.29, 0.717) is 5.69 Å². The van der Waals surface area contributed by atoms with Crippen molar-refractivity contribution < 1.29 is 13.6 Å². The number of carbonyl (C=O) groups is 1. The minimum atomic E-state index is -2.67. The van der Waals surface area contributed by atoms with E-state index in [4.69, 9.17) is 11.6 Å². The molecule has 0 unspecified atom stereocenters. The summed E-state index contributed by atoms with van der Waals surface area (Å²) in [6.07, 6.45) is 4.02. The van der Waals surface area contributed by atoms with E-state index in [0.717, 1.165) is 4.57 Å². The second-order valence-corrected chi connectivity index (χ2v) is 5.31. The number of alkyl halides is 2. The first-order valence-corrected chi connectivity index (χ1v) is 7.19. The average molecular weight is 344 g/mol. The first kappa shape index (κ1) is 17.3. The van der Waals surface area contributed by atoms with Crippen molar-refractivity contribution in [1.29, 1.82) is 0 Å². The fourth-order valence-electron chi connectivity index (χ4n) is 1.92. The Labute approximate surface area is 137 Å². The highest BCUT2D eigenvalue weighted by atomic mass is 35.5. The van der Waals surface area contributed by atoms with Gasteiger partial charge in [-0.15, -0.1) is 0 Å². The molecule has 1 atom stereocenters. The number of imidazole rings is 1. The normalized spacial score (nSPS) is 12.7. The standard InChI is InChI=1S/C14H16ClF2N5O/c1-9(13(23)20-10-4-3-5-19-12(10)15)21(2)8-11-18-6-7-22(11)14(16)17/h3-7,9,14H,8H2,1-2H3,(H,20,23)/t9-/m0/s1. The van der Waals surface area contributed by atoms with Crippen LogP contribution in [0.15, 0.2) is 30.7 Å². The van der Waals surface area contributed by atoms with Crippen molar-refractivity contribution in [2.24, 2.45) is 0 Å². The van der Waals surface area contributed by atoms with Crippen LogP contribution in [0.1, 0.15) is 19.3 Å². The van der Waals surface area contributed by atoms with Crippen molar-refractivity contribution >= 4 is 23.2 Å². The van der Waals surface area contributed by atoms with Crippen molar-refractivity contribution in [1.82, 2.24) is 19.4 Å². The minimum Gasteiger partial charge on any atom is -0.322 e. The number of amides is 1. The molecule has 2 aromatic rings. The molecule has 6 nitrogen and oxygen atoms in total. The molecule has 0 saturated carbocycles. The van der Waals surface area contributed by atoms with E-state index >= 15 is 0 Å². The summed E-state index contributed by atoms with van der Waals surface area (Å²) in [5, 5.41) is 2.84. The second kappa shape index (κ2) is 7.47. The number of anilines is 1. The van der Waals surface area contributed by atoms with Crippen LogP contribution in [0, 0.1) is 0 Å². The molecule has 2 rings (SSSR count). The molecule has 0 fully saturated rings. The number of hydrogen-bond acceptors (Lipinski definition) is 4. The van der Waals surface area contributed by atoms with E-state index in [-0.39, 0.29) is 23.4 Å². The highest BCUT2D eigenvalue weighted by Crippen LogP contribution is 2.19. The molecule has 2 aromatic heterocycles. The first-order chi connectivity index (χ1) is 10.9. The Morgan fingerprint density at radius 1 is 1.43 bits per heavy atom. The Hall–Kier alpha value is -2.06. The fourth-order valence-corrected chi connectivity index (χ4v) is 2.09. The maximum atomic E-state index is 12.8. The molecule has 9 heteroatoms. The molecule has 0 spiro atoms. The largest absolute Gasteiger partial charge is 0.322 e. The zero-order valence-corrected chi connectivity index (χ0v) is 13.3. The smallest absolute Gasteiger partial charge is 0.319 e. The summed E-state index contributed by atoms with van der Waals surface area (Å²) in [6.45, 7) is -0.902. The monoisotopic (exact) mass is 343 g/mol. The van der Waals surface area contributed by atoms with E-state index in [1.54, 1.807) is 31.0 Å². The van der Waals surface area contributed by atoms with Gasteiger partial charge in [0.25, 0.3) is 0 Å². The minimum absolute atomic E-state index is 0.104. The number of carbonyl (C=O) groups excluding carboxylic acids is 1. The van der Waals surface area contributed by atoms with Gasteiger partial charge in [0.15, 0.2) is 5.15 Å². The van der Waals surface area contributed by atoms with Gasteiger partial charge in [-0.2, -0.15) is 8.78 Å². The Bertz CT molecular complexity index is 679. The van der Waals surface area contributed by atoms with Crippen LogP contribution in [0.3, 0.4) is 0 Å². The zero-order valence-electron chi connectivity index (χ0n) is 12.6. The van der Waals surface area contributed by atoms with E-state index in [2.05, 4.69) is 15.3 Å². The van der Waals surface area contributed by atoms with Crippen molar-refractivity contribution in [3.8, 4) is 0 Å². The van der Waals surface area contributed by atoms with Gasteiger partial charge in [-0.1, -0.05) is 11.6 Å². The van der Waals surface area contributed by atoms with Crippen molar-refractivity contribution in [2.45, 2.75) is 26.1 Å². The molecular weight excluding hydrogens is 328 g/mol. The molecule has 0 aromatic carbocycles. The van der Waals surface area contributed by atoms with Crippen LogP contribution >= 0.6 is 11.6 Å². The zero-order chi connectivity index (χ0) is 17.0. The topological polar surface area (TPSA) is 63.1 Å². The van der Waals surface area contributed by atoms with Gasteiger partial charge in [-0.3, -0.25) is 14.3 Å². The van der Waals surface area contributed by atoms with Crippen LogP contribution in [0.4, 0.5) is 14.5 Å². The van der Waals surface area contributed by atoms with Crippen molar-refractivity contribution in [3.05, 3.63) is 41.7 Å². The highest BCUT2D eigenvalue weighted by molar-refractivity contribution is 6.32. The third-order valence-electron chi connectivity index (χ3n) is 3.41. The third kappa shape index (κ3) is 4.23. The van der Waals surface area contributed by atoms with Gasteiger partial charge >= 0.3 is 6.55 Å². The number of nitrogens with one attached hydrogen (secondary N) is 1. The van der Waals surface area contributed by atoms with Crippen LogP contribution in [0.5, 0.6) is 0 Å². The van der Waals surface area contributed by atoms with Crippen LogP contribution in [-0.4, -0.2) is 38.4 Å². The van der Waals surface area contributed by atoms with E-state index in [1.165, 1.54) is 18.6 Å². The van der Waals surface area contributed by atoms with Crippen LogP contribution in [0.25, 0.3) is 0 Å². The van der Waals surface area contributed by atoms with Gasteiger partial charge in [0.1, 0.15) is 5.82 Å². The third-order valence-corrected chi connectivity index (χ3v) is 3.71. The lowest BCUT2D eigenvalue weighted by molar-refractivity contribution is -0.120. The van der Waals surface area contributed by atoms with E-state index in [1.807, 2.05) is 0 Å². The molecule has 2 heterocycles. The van der Waals surface area contributed by atoms with Crippen molar-refractivity contribution in [2.75, 3.05) is 12.4 Å².